The average molecular weight is 292 g/mol. The molecule has 1 N–H and O–H groups in total. The molecule has 1 aromatic carbocycles. The molecule has 0 bridgehead atoms. The number of aromatic nitrogens is 1. The van der Waals surface area contributed by atoms with Gasteiger partial charge in [-0.1, -0.05) is 19.1 Å². The van der Waals surface area contributed by atoms with Gasteiger partial charge in [0.1, 0.15) is 0 Å². The Hall–Kier alpha value is -0.840. The standard InChI is InChI=1S/C15H20N2S2/c1-11(15-16-8-9-19-15)10-17-12(2)13-4-6-14(18-3)7-5-13/h4-9,11-12,17H,10H2,1-3H3. The zero-order valence-corrected chi connectivity index (χ0v) is 13.2. The van der Waals surface area contributed by atoms with Crippen molar-refractivity contribution >= 4 is 23.1 Å². The molecular formula is C15H20N2S2. The second-order valence-electron chi connectivity index (χ2n) is 4.67. The highest BCUT2D eigenvalue weighted by Crippen LogP contribution is 2.21. The van der Waals surface area contributed by atoms with Crippen LogP contribution >= 0.6 is 23.1 Å². The van der Waals surface area contributed by atoms with Crippen LogP contribution in [0.3, 0.4) is 0 Å². The number of hydrogen-bond donors (Lipinski definition) is 1. The van der Waals surface area contributed by atoms with Crippen LogP contribution in [-0.2, 0) is 0 Å². The van der Waals surface area contributed by atoms with Gasteiger partial charge in [-0.3, -0.25) is 0 Å². The first-order valence-corrected chi connectivity index (χ1v) is 8.58. The van der Waals surface area contributed by atoms with Gasteiger partial charge in [0.05, 0.1) is 5.01 Å². The Morgan fingerprint density at radius 2 is 2.00 bits per heavy atom. The lowest BCUT2D eigenvalue weighted by Gasteiger charge is -2.17. The molecule has 2 nitrogen and oxygen atoms in total. The Kier molecular flexibility index (Phi) is 5.43. The topological polar surface area (TPSA) is 24.9 Å². The lowest BCUT2D eigenvalue weighted by atomic mass is 10.1. The molecule has 0 radical (unpaired) electrons. The SMILES string of the molecule is CSc1ccc(C(C)NCC(C)c2nccs2)cc1. The molecule has 0 aliphatic rings. The van der Waals surface area contributed by atoms with Crippen molar-refractivity contribution in [2.45, 2.75) is 30.7 Å². The molecule has 1 aromatic heterocycles. The molecule has 4 heteroatoms. The summed E-state index contributed by atoms with van der Waals surface area (Å²) in [5.74, 6) is 0.466. The van der Waals surface area contributed by atoms with E-state index in [2.05, 4.69) is 54.7 Å². The molecular weight excluding hydrogens is 272 g/mol. The molecule has 0 aliphatic carbocycles. The van der Waals surface area contributed by atoms with E-state index in [0.29, 0.717) is 12.0 Å². The number of hydrogen-bond acceptors (Lipinski definition) is 4. The Balaban J connectivity index is 1.88. The van der Waals surface area contributed by atoms with Gasteiger partial charge in [-0.15, -0.1) is 23.1 Å². The van der Waals surface area contributed by atoms with Crippen LogP contribution in [0.2, 0.25) is 0 Å². The van der Waals surface area contributed by atoms with Crippen molar-refractivity contribution < 1.29 is 0 Å². The summed E-state index contributed by atoms with van der Waals surface area (Å²) < 4.78 is 0. The monoisotopic (exact) mass is 292 g/mol. The molecule has 102 valence electrons. The zero-order valence-electron chi connectivity index (χ0n) is 11.6. The predicted molar refractivity (Wildman–Crippen MR) is 85.2 cm³/mol. The van der Waals surface area contributed by atoms with Crippen molar-refractivity contribution in [3.63, 3.8) is 0 Å². The molecule has 0 saturated heterocycles. The van der Waals surface area contributed by atoms with E-state index in [9.17, 15) is 0 Å². The Bertz CT molecular complexity index is 479. The van der Waals surface area contributed by atoms with Crippen molar-refractivity contribution in [2.75, 3.05) is 12.8 Å². The van der Waals surface area contributed by atoms with Crippen molar-refractivity contribution in [1.29, 1.82) is 0 Å². The lowest BCUT2D eigenvalue weighted by molar-refractivity contribution is 0.536. The molecule has 19 heavy (non-hydrogen) atoms. The zero-order chi connectivity index (χ0) is 13.7. The van der Waals surface area contributed by atoms with E-state index >= 15 is 0 Å². The summed E-state index contributed by atoms with van der Waals surface area (Å²) in [5.41, 5.74) is 1.34. The second-order valence-corrected chi connectivity index (χ2v) is 6.48. The Labute approximate surface area is 123 Å². The van der Waals surface area contributed by atoms with Crippen molar-refractivity contribution in [2.24, 2.45) is 0 Å². The minimum atomic E-state index is 0.373. The number of thiazole rings is 1. The minimum absolute atomic E-state index is 0.373. The molecule has 0 saturated carbocycles. The maximum absolute atomic E-state index is 4.37. The molecule has 1 heterocycles. The highest BCUT2D eigenvalue weighted by molar-refractivity contribution is 7.98. The van der Waals surface area contributed by atoms with Gasteiger partial charge in [0.15, 0.2) is 0 Å². The third-order valence-electron chi connectivity index (χ3n) is 3.22. The first kappa shape index (κ1) is 14.6. The highest BCUT2D eigenvalue weighted by atomic mass is 32.2. The minimum Gasteiger partial charge on any atom is -0.310 e. The van der Waals surface area contributed by atoms with Crippen molar-refractivity contribution in [3.8, 4) is 0 Å². The summed E-state index contributed by atoms with van der Waals surface area (Å²) in [6.45, 7) is 5.39. The molecule has 0 fully saturated rings. The van der Waals surface area contributed by atoms with E-state index in [0.717, 1.165) is 6.54 Å². The average Bonchev–Trinajstić information content (AvgIpc) is 2.98. The van der Waals surface area contributed by atoms with Gasteiger partial charge in [0.2, 0.25) is 0 Å². The second kappa shape index (κ2) is 7.08. The van der Waals surface area contributed by atoms with Gasteiger partial charge in [-0.25, -0.2) is 4.98 Å². The van der Waals surface area contributed by atoms with Crippen LogP contribution < -0.4 is 5.32 Å². The summed E-state index contributed by atoms with van der Waals surface area (Å²) in [6.07, 6.45) is 3.98. The maximum atomic E-state index is 4.37. The van der Waals surface area contributed by atoms with Crippen LogP contribution in [0, 0.1) is 0 Å². The third kappa shape index (κ3) is 4.06. The molecule has 2 atom stereocenters. The maximum Gasteiger partial charge on any atom is 0.0965 e. The van der Waals surface area contributed by atoms with Crippen LogP contribution in [0.15, 0.2) is 40.7 Å². The van der Waals surface area contributed by atoms with Gasteiger partial charge >= 0.3 is 0 Å². The van der Waals surface area contributed by atoms with Gasteiger partial charge in [0.25, 0.3) is 0 Å². The largest absolute Gasteiger partial charge is 0.310 e. The number of rotatable bonds is 6. The van der Waals surface area contributed by atoms with E-state index in [1.165, 1.54) is 15.5 Å². The Morgan fingerprint density at radius 1 is 1.26 bits per heavy atom. The van der Waals surface area contributed by atoms with E-state index in [1.54, 1.807) is 23.1 Å². The summed E-state index contributed by atoms with van der Waals surface area (Å²) in [7, 11) is 0. The van der Waals surface area contributed by atoms with Crippen LogP contribution in [0.1, 0.15) is 36.4 Å². The molecule has 2 aromatic rings. The quantitative estimate of drug-likeness (QED) is 0.803. The van der Waals surface area contributed by atoms with Crippen LogP contribution in [0.4, 0.5) is 0 Å². The van der Waals surface area contributed by atoms with Crippen LogP contribution in [0.5, 0.6) is 0 Å². The Morgan fingerprint density at radius 3 is 2.58 bits per heavy atom. The third-order valence-corrected chi connectivity index (χ3v) is 4.97. The van der Waals surface area contributed by atoms with E-state index in [4.69, 9.17) is 0 Å². The fraction of sp³-hybridized carbons (Fsp3) is 0.400. The fourth-order valence-electron chi connectivity index (χ4n) is 1.93. The molecule has 0 amide bonds. The number of nitrogens with one attached hydrogen (secondary N) is 1. The predicted octanol–water partition coefficient (Wildman–Crippen LogP) is 4.32. The van der Waals surface area contributed by atoms with E-state index in [-0.39, 0.29) is 0 Å². The summed E-state index contributed by atoms with van der Waals surface area (Å²) in [6, 6.07) is 9.15. The van der Waals surface area contributed by atoms with Gasteiger partial charge in [-0.2, -0.15) is 0 Å². The summed E-state index contributed by atoms with van der Waals surface area (Å²) in [4.78, 5) is 5.68. The number of thioether (sulfide) groups is 1. The molecule has 2 unspecified atom stereocenters. The summed E-state index contributed by atoms with van der Waals surface area (Å²) in [5, 5.41) is 6.83. The van der Waals surface area contributed by atoms with E-state index in [1.807, 2.05) is 11.6 Å². The molecule has 0 aliphatic heterocycles. The summed E-state index contributed by atoms with van der Waals surface area (Å²) >= 11 is 3.51. The van der Waals surface area contributed by atoms with Crippen molar-refractivity contribution in [3.05, 3.63) is 46.4 Å². The van der Waals surface area contributed by atoms with Crippen LogP contribution in [-0.4, -0.2) is 17.8 Å². The number of benzene rings is 1. The number of nitrogens with zero attached hydrogens (tertiary/aromatic N) is 1. The van der Waals surface area contributed by atoms with E-state index < -0.39 is 0 Å². The van der Waals surface area contributed by atoms with Gasteiger partial charge < -0.3 is 5.32 Å². The molecule has 0 spiro atoms. The smallest absolute Gasteiger partial charge is 0.0965 e. The van der Waals surface area contributed by atoms with Gasteiger partial charge in [0, 0.05) is 35.0 Å². The lowest BCUT2D eigenvalue weighted by Crippen LogP contribution is -2.23. The van der Waals surface area contributed by atoms with Gasteiger partial charge in [-0.05, 0) is 30.9 Å². The van der Waals surface area contributed by atoms with Crippen LogP contribution in [0.25, 0.3) is 0 Å². The fourth-order valence-corrected chi connectivity index (χ4v) is 3.04. The molecule has 2 rings (SSSR count). The first-order chi connectivity index (χ1) is 9.20. The normalized spacial score (nSPS) is 14.3. The highest BCUT2D eigenvalue weighted by Gasteiger charge is 2.10. The van der Waals surface area contributed by atoms with Crippen molar-refractivity contribution in [1.82, 2.24) is 10.3 Å². The first-order valence-electron chi connectivity index (χ1n) is 6.47.